The lowest BCUT2D eigenvalue weighted by molar-refractivity contribution is -0.123. The van der Waals surface area contributed by atoms with Crippen molar-refractivity contribution >= 4 is 11.8 Å². The van der Waals surface area contributed by atoms with Crippen molar-refractivity contribution in [2.75, 3.05) is 19.6 Å². The summed E-state index contributed by atoms with van der Waals surface area (Å²) in [5.41, 5.74) is 0.486. The number of hydrogen-bond acceptors (Lipinski definition) is 3. The van der Waals surface area contributed by atoms with Gasteiger partial charge in [0.25, 0.3) is 5.91 Å². The minimum Gasteiger partial charge on any atom is -0.472 e. The summed E-state index contributed by atoms with van der Waals surface area (Å²) in [7, 11) is 0. The number of carbonyl (C=O) groups excluding carboxylic acids is 2. The Morgan fingerprint density at radius 3 is 3.07 bits per heavy atom. The highest BCUT2D eigenvalue weighted by Gasteiger charge is 2.22. The fraction of sp³-hybridized carbons (Fsp3) is 0.333. The number of hydrogen-bond donors (Lipinski definition) is 1. The van der Waals surface area contributed by atoms with E-state index in [1.165, 1.54) is 17.4 Å². The van der Waals surface area contributed by atoms with Gasteiger partial charge < -0.3 is 14.6 Å². The predicted octanol–water partition coefficient (Wildman–Crippen LogP) is -0.148. The Morgan fingerprint density at radius 2 is 2.43 bits per heavy atom. The molecule has 0 unspecified atom stereocenters. The molecule has 14 heavy (non-hydrogen) atoms. The monoisotopic (exact) mass is 194 g/mol. The molecular formula is C9H10N2O3. The van der Waals surface area contributed by atoms with Crippen LogP contribution in [0.1, 0.15) is 10.4 Å². The Hall–Kier alpha value is -1.78. The van der Waals surface area contributed by atoms with Crippen molar-refractivity contribution in [2.45, 2.75) is 0 Å². The number of nitrogens with zero attached hydrogens (tertiary/aromatic N) is 1. The van der Waals surface area contributed by atoms with Crippen molar-refractivity contribution in [1.82, 2.24) is 10.2 Å². The quantitative estimate of drug-likeness (QED) is 0.676. The standard InChI is InChI=1S/C9H10N2O3/c12-8-5-11(3-2-10-8)9(13)7-1-4-14-6-7/h1,4,6H,2-3,5H2,(H,10,12). The normalized spacial score (nSPS) is 16.6. The van der Waals surface area contributed by atoms with Gasteiger partial charge >= 0.3 is 0 Å². The first-order valence-electron chi connectivity index (χ1n) is 4.35. The highest BCUT2D eigenvalue weighted by atomic mass is 16.3. The third-order valence-corrected chi connectivity index (χ3v) is 2.09. The molecule has 1 aliphatic rings. The molecule has 0 atom stereocenters. The zero-order valence-corrected chi connectivity index (χ0v) is 7.53. The summed E-state index contributed by atoms with van der Waals surface area (Å²) in [4.78, 5) is 24.2. The summed E-state index contributed by atoms with van der Waals surface area (Å²) >= 11 is 0. The van der Waals surface area contributed by atoms with Crippen LogP contribution in [0.25, 0.3) is 0 Å². The topological polar surface area (TPSA) is 62.6 Å². The van der Waals surface area contributed by atoms with Crippen molar-refractivity contribution in [1.29, 1.82) is 0 Å². The maximum absolute atomic E-state index is 11.7. The van der Waals surface area contributed by atoms with Gasteiger partial charge in [0, 0.05) is 13.1 Å². The van der Waals surface area contributed by atoms with Crippen molar-refractivity contribution < 1.29 is 14.0 Å². The zero-order chi connectivity index (χ0) is 9.97. The van der Waals surface area contributed by atoms with Crippen molar-refractivity contribution in [3.63, 3.8) is 0 Å². The minimum absolute atomic E-state index is 0.118. The van der Waals surface area contributed by atoms with E-state index in [9.17, 15) is 9.59 Å². The molecule has 5 nitrogen and oxygen atoms in total. The van der Waals surface area contributed by atoms with Crippen LogP contribution in [-0.2, 0) is 4.79 Å². The number of carbonyl (C=O) groups is 2. The third-order valence-electron chi connectivity index (χ3n) is 2.09. The molecule has 1 N–H and O–H groups in total. The van der Waals surface area contributed by atoms with Gasteiger partial charge in [-0.1, -0.05) is 0 Å². The Balaban J connectivity index is 2.08. The first-order chi connectivity index (χ1) is 6.77. The van der Waals surface area contributed by atoms with Gasteiger partial charge in [-0.25, -0.2) is 0 Å². The van der Waals surface area contributed by atoms with Crippen LogP contribution in [0, 0.1) is 0 Å². The van der Waals surface area contributed by atoms with Crippen LogP contribution < -0.4 is 5.32 Å². The van der Waals surface area contributed by atoms with Gasteiger partial charge in [0.05, 0.1) is 18.4 Å². The molecule has 0 bridgehead atoms. The van der Waals surface area contributed by atoms with E-state index in [0.29, 0.717) is 18.7 Å². The summed E-state index contributed by atoms with van der Waals surface area (Å²) in [6.45, 7) is 1.20. The summed E-state index contributed by atoms with van der Waals surface area (Å²) in [5.74, 6) is -0.276. The lowest BCUT2D eigenvalue weighted by Crippen LogP contribution is -2.49. The molecule has 0 radical (unpaired) electrons. The summed E-state index contributed by atoms with van der Waals surface area (Å²) in [6.07, 6.45) is 2.83. The number of rotatable bonds is 1. The molecule has 1 aromatic rings. The summed E-state index contributed by atoms with van der Waals surface area (Å²) in [5, 5.41) is 2.66. The van der Waals surface area contributed by atoms with Crippen LogP contribution in [0.2, 0.25) is 0 Å². The van der Waals surface area contributed by atoms with Crippen molar-refractivity contribution in [3.8, 4) is 0 Å². The first kappa shape index (κ1) is 8.80. The molecule has 74 valence electrons. The largest absolute Gasteiger partial charge is 0.472 e. The molecule has 5 heteroatoms. The molecule has 1 aliphatic heterocycles. The molecule has 0 spiro atoms. The highest BCUT2D eigenvalue weighted by Crippen LogP contribution is 2.06. The fourth-order valence-electron chi connectivity index (χ4n) is 1.38. The SMILES string of the molecule is O=C1CN(C(=O)c2ccoc2)CCN1. The van der Waals surface area contributed by atoms with Crippen LogP contribution in [-0.4, -0.2) is 36.3 Å². The van der Waals surface area contributed by atoms with Crippen LogP contribution in [0.15, 0.2) is 23.0 Å². The van der Waals surface area contributed by atoms with Crippen LogP contribution in [0.4, 0.5) is 0 Å². The smallest absolute Gasteiger partial charge is 0.257 e. The first-order valence-corrected chi connectivity index (χ1v) is 4.35. The van der Waals surface area contributed by atoms with Gasteiger partial charge in [0.1, 0.15) is 6.26 Å². The molecule has 2 amide bonds. The number of nitrogens with one attached hydrogen (secondary N) is 1. The lowest BCUT2D eigenvalue weighted by atomic mass is 10.2. The molecule has 2 rings (SSSR count). The van der Waals surface area contributed by atoms with E-state index in [4.69, 9.17) is 4.42 Å². The van der Waals surface area contributed by atoms with E-state index in [1.807, 2.05) is 0 Å². The van der Waals surface area contributed by atoms with E-state index in [2.05, 4.69) is 5.32 Å². The third kappa shape index (κ3) is 1.61. The Labute approximate surface area is 80.7 Å². The van der Waals surface area contributed by atoms with Gasteiger partial charge in [-0.3, -0.25) is 9.59 Å². The minimum atomic E-state index is -0.159. The molecule has 0 aromatic carbocycles. The van der Waals surface area contributed by atoms with Crippen molar-refractivity contribution in [3.05, 3.63) is 24.2 Å². The van der Waals surface area contributed by atoms with E-state index in [0.717, 1.165) is 0 Å². The average Bonchev–Trinajstić information content (AvgIpc) is 2.69. The number of piperazine rings is 1. The van der Waals surface area contributed by atoms with Crippen LogP contribution in [0.5, 0.6) is 0 Å². The van der Waals surface area contributed by atoms with Gasteiger partial charge in [0.15, 0.2) is 0 Å². The molecule has 1 fully saturated rings. The summed E-state index contributed by atoms with van der Waals surface area (Å²) < 4.78 is 4.81. The Kier molecular flexibility index (Phi) is 2.22. The van der Waals surface area contributed by atoms with Gasteiger partial charge in [0.2, 0.25) is 5.91 Å². The molecule has 0 saturated carbocycles. The summed E-state index contributed by atoms with van der Waals surface area (Å²) in [6, 6.07) is 1.59. The number of furan rings is 1. The zero-order valence-electron chi connectivity index (χ0n) is 7.53. The highest BCUT2D eigenvalue weighted by molar-refractivity contribution is 5.96. The second-order valence-corrected chi connectivity index (χ2v) is 3.09. The van der Waals surface area contributed by atoms with Crippen LogP contribution >= 0.6 is 0 Å². The van der Waals surface area contributed by atoms with Gasteiger partial charge in [-0.15, -0.1) is 0 Å². The second kappa shape index (κ2) is 3.53. The lowest BCUT2D eigenvalue weighted by Gasteiger charge is -2.26. The van der Waals surface area contributed by atoms with E-state index < -0.39 is 0 Å². The van der Waals surface area contributed by atoms with E-state index in [1.54, 1.807) is 6.07 Å². The van der Waals surface area contributed by atoms with E-state index >= 15 is 0 Å². The molecule has 1 aromatic heterocycles. The van der Waals surface area contributed by atoms with Gasteiger partial charge in [-0.2, -0.15) is 0 Å². The van der Waals surface area contributed by atoms with E-state index in [-0.39, 0.29) is 18.4 Å². The fourth-order valence-corrected chi connectivity index (χ4v) is 1.38. The molecule has 2 heterocycles. The molecule has 1 saturated heterocycles. The van der Waals surface area contributed by atoms with Gasteiger partial charge in [-0.05, 0) is 6.07 Å². The number of amides is 2. The van der Waals surface area contributed by atoms with Crippen LogP contribution in [0.3, 0.4) is 0 Å². The van der Waals surface area contributed by atoms with Crippen molar-refractivity contribution in [2.24, 2.45) is 0 Å². The Morgan fingerprint density at radius 1 is 1.57 bits per heavy atom. The maximum atomic E-state index is 11.7. The Bertz CT molecular complexity index is 345. The molecule has 0 aliphatic carbocycles. The average molecular weight is 194 g/mol. The molecular weight excluding hydrogens is 184 g/mol. The second-order valence-electron chi connectivity index (χ2n) is 3.09. The maximum Gasteiger partial charge on any atom is 0.257 e. The predicted molar refractivity (Wildman–Crippen MR) is 47.6 cm³/mol.